The van der Waals surface area contributed by atoms with Crippen molar-refractivity contribution >= 4 is 50.4 Å². The van der Waals surface area contributed by atoms with Crippen LogP contribution in [0.4, 0.5) is 5.13 Å². The Labute approximate surface area is 168 Å². The number of fused-ring (bicyclic) bond motifs is 1. The number of thiazole rings is 1. The third-order valence-corrected chi connectivity index (χ3v) is 7.53. The van der Waals surface area contributed by atoms with Gasteiger partial charge in [0, 0.05) is 28.8 Å². The zero-order valence-electron chi connectivity index (χ0n) is 14.8. The van der Waals surface area contributed by atoms with Gasteiger partial charge in [0.1, 0.15) is 0 Å². The summed E-state index contributed by atoms with van der Waals surface area (Å²) in [6, 6.07) is 1.56. The Morgan fingerprint density at radius 2 is 2.15 bits per heavy atom. The van der Waals surface area contributed by atoms with Crippen LogP contribution in [0.2, 0.25) is 0 Å². The number of nitrogens with one attached hydrogen (secondary N) is 1. The number of nitrogens with zero attached hydrogens (tertiary/aromatic N) is 4. The highest BCUT2D eigenvalue weighted by molar-refractivity contribution is 8.00. The number of hydrogen-bond donors (Lipinski definition) is 1. The van der Waals surface area contributed by atoms with Gasteiger partial charge in [-0.2, -0.15) is 0 Å². The Kier molecular flexibility index (Phi) is 5.55. The predicted molar refractivity (Wildman–Crippen MR) is 109 cm³/mol. The van der Waals surface area contributed by atoms with Crippen LogP contribution in [0.15, 0.2) is 20.6 Å². The van der Waals surface area contributed by atoms with Crippen molar-refractivity contribution < 1.29 is 4.79 Å². The van der Waals surface area contributed by atoms with Crippen molar-refractivity contribution in [3.05, 3.63) is 33.2 Å². The molecule has 0 spiro atoms. The summed E-state index contributed by atoms with van der Waals surface area (Å²) in [5.74, 6) is 0.681. The van der Waals surface area contributed by atoms with Crippen LogP contribution in [0.3, 0.4) is 0 Å². The van der Waals surface area contributed by atoms with Gasteiger partial charge in [-0.05, 0) is 19.8 Å². The molecule has 0 saturated heterocycles. The number of aryl methyl sites for hydroxylation is 1. The maximum Gasteiger partial charge on any atom is 0.258 e. The second kappa shape index (κ2) is 8.07. The maximum atomic E-state index is 12.3. The first-order chi connectivity index (χ1) is 13.1. The van der Waals surface area contributed by atoms with E-state index in [-0.39, 0.29) is 17.4 Å². The van der Waals surface area contributed by atoms with Crippen LogP contribution in [0.1, 0.15) is 43.5 Å². The Balaban J connectivity index is 1.38. The number of aromatic nitrogens is 4. The summed E-state index contributed by atoms with van der Waals surface area (Å²) in [5.41, 5.74) is 1.55. The molecule has 27 heavy (non-hydrogen) atoms. The third-order valence-electron chi connectivity index (χ3n) is 4.58. The number of anilines is 1. The number of amides is 1. The van der Waals surface area contributed by atoms with Crippen molar-refractivity contribution in [2.24, 2.45) is 5.92 Å². The molecule has 3 heterocycles. The lowest BCUT2D eigenvalue weighted by molar-refractivity contribution is -0.120. The molecule has 7 nitrogen and oxygen atoms in total. The van der Waals surface area contributed by atoms with Crippen molar-refractivity contribution in [1.29, 1.82) is 0 Å². The molecular formula is C17H19N5O2S3. The first-order valence-electron chi connectivity index (χ1n) is 8.84. The van der Waals surface area contributed by atoms with E-state index in [0.29, 0.717) is 15.8 Å². The van der Waals surface area contributed by atoms with Crippen molar-refractivity contribution in [3.63, 3.8) is 0 Å². The molecule has 1 fully saturated rings. The Morgan fingerprint density at radius 3 is 2.96 bits per heavy atom. The van der Waals surface area contributed by atoms with Crippen LogP contribution in [-0.4, -0.2) is 25.5 Å². The Hall–Kier alpha value is -1.78. The molecule has 0 atom stereocenters. The molecule has 4 rings (SSSR count). The average Bonchev–Trinajstić information content (AvgIpc) is 3.27. The lowest BCUT2D eigenvalue weighted by Gasteiger charge is -2.19. The van der Waals surface area contributed by atoms with Crippen molar-refractivity contribution in [3.8, 4) is 0 Å². The Morgan fingerprint density at radius 1 is 1.33 bits per heavy atom. The van der Waals surface area contributed by atoms with E-state index < -0.39 is 0 Å². The van der Waals surface area contributed by atoms with Crippen molar-refractivity contribution in [1.82, 2.24) is 19.6 Å². The molecule has 0 aromatic carbocycles. The summed E-state index contributed by atoms with van der Waals surface area (Å²) >= 11 is 4.28. The largest absolute Gasteiger partial charge is 0.300 e. The summed E-state index contributed by atoms with van der Waals surface area (Å²) in [6.45, 7) is 1.89. The van der Waals surface area contributed by atoms with E-state index in [2.05, 4.69) is 20.5 Å². The van der Waals surface area contributed by atoms with Crippen molar-refractivity contribution in [2.45, 2.75) is 49.1 Å². The summed E-state index contributed by atoms with van der Waals surface area (Å²) in [7, 11) is 0. The molecule has 0 unspecified atom stereocenters. The molecule has 10 heteroatoms. The van der Waals surface area contributed by atoms with Gasteiger partial charge in [0.2, 0.25) is 11.0 Å². The third kappa shape index (κ3) is 4.22. The van der Waals surface area contributed by atoms with Gasteiger partial charge >= 0.3 is 0 Å². The van der Waals surface area contributed by atoms with E-state index in [1.165, 1.54) is 40.9 Å². The van der Waals surface area contributed by atoms with Crippen LogP contribution in [0.25, 0.3) is 4.96 Å². The molecule has 1 saturated carbocycles. The van der Waals surface area contributed by atoms with E-state index in [1.807, 2.05) is 12.3 Å². The molecule has 1 amide bonds. The van der Waals surface area contributed by atoms with E-state index in [1.54, 1.807) is 10.5 Å². The highest BCUT2D eigenvalue weighted by Crippen LogP contribution is 2.30. The molecule has 142 valence electrons. The fourth-order valence-electron chi connectivity index (χ4n) is 3.20. The van der Waals surface area contributed by atoms with E-state index in [4.69, 9.17) is 0 Å². The number of carbonyl (C=O) groups is 1. The van der Waals surface area contributed by atoms with Gasteiger partial charge in [0.25, 0.3) is 5.56 Å². The summed E-state index contributed by atoms with van der Waals surface area (Å²) in [5, 5.41) is 13.5. The second-order valence-electron chi connectivity index (χ2n) is 6.57. The molecule has 0 bridgehead atoms. The van der Waals surface area contributed by atoms with Gasteiger partial charge in [-0.25, -0.2) is 4.98 Å². The predicted octanol–water partition coefficient (Wildman–Crippen LogP) is 3.73. The summed E-state index contributed by atoms with van der Waals surface area (Å²) in [4.78, 5) is 29.7. The lowest BCUT2D eigenvalue weighted by atomic mass is 9.89. The quantitative estimate of drug-likeness (QED) is 0.499. The summed E-state index contributed by atoms with van der Waals surface area (Å²) < 4.78 is 2.36. The highest BCUT2D eigenvalue weighted by Gasteiger charge is 2.22. The van der Waals surface area contributed by atoms with Crippen LogP contribution < -0.4 is 10.9 Å². The van der Waals surface area contributed by atoms with Gasteiger partial charge in [-0.15, -0.1) is 21.5 Å². The number of carbonyl (C=O) groups excluding carboxylic acids is 1. The number of thioether (sulfide) groups is 1. The number of rotatable bonds is 5. The van der Waals surface area contributed by atoms with Gasteiger partial charge in [-0.1, -0.05) is 42.4 Å². The van der Waals surface area contributed by atoms with Crippen LogP contribution in [0, 0.1) is 12.8 Å². The smallest absolute Gasteiger partial charge is 0.258 e. The molecule has 1 aliphatic carbocycles. The molecule has 1 N–H and O–H groups in total. The second-order valence-corrected chi connectivity index (χ2v) is 9.60. The van der Waals surface area contributed by atoms with Gasteiger partial charge in [0.05, 0.1) is 5.69 Å². The highest BCUT2D eigenvalue weighted by atomic mass is 32.2. The molecule has 0 radical (unpaired) electrons. The van der Waals surface area contributed by atoms with Gasteiger partial charge in [0.15, 0.2) is 9.30 Å². The fraction of sp³-hybridized carbons (Fsp3) is 0.471. The fourth-order valence-corrected chi connectivity index (χ4v) is 5.74. The SMILES string of the molecule is Cc1csc2nc(CSc3nnc(NC(=O)C4CCCCC4)s3)cc(=O)n12. The maximum absolute atomic E-state index is 12.3. The number of hydrogen-bond acceptors (Lipinski definition) is 8. The first-order valence-corrected chi connectivity index (χ1v) is 11.5. The minimum atomic E-state index is -0.0629. The van der Waals surface area contributed by atoms with Gasteiger partial charge in [-0.3, -0.25) is 14.0 Å². The van der Waals surface area contributed by atoms with Crippen LogP contribution >= 0.6 is 34.4 Å². The van der Waals surface area contributed by atoms with Crippen LogP contribution in [0.5, 0.6) is 0 Å². The molecule has 1 aliphatic rings. The van der Waals surface area contributed by atoms with Gasteiger partial charge < -0.3 is 5.32 Å². The zero-order chi connectivity index (χ0) is 18.8. The monoisotopic (exact) mass is 421 g/mol. The minimum Gasteiger partial charge on any atom is -0.300 e. The van der Waals surface area contributed by atoms with E-state index in [9.17, 15) is 9.59 Å². The van der Waals surface area contributed by atoms with E-state index in [0.717, 1.165) is 41.4 Å². The normalized spacial score (nSPS) is 15.3. The van der Waals surface area contributed by atoms with Crippen LogP contribution in [-0.2, 0) is 10.5 Å². The zero-order valence-corrected chi connectivity index (χ0v) is 17.3. The average molecular weight is 422 g/mol. The molecule has 3 aromatic heterocycles. The lowest BCUT2D eigenvalue weighted by Crippen LogP contribution is -2.24. The molecular weight excluding hydrogens is 402 g/mol. The van der Waals surface area contributed by atoms with Crippen molar-refractivity contribution in [2.75, 3.05) is 5.32 Å². The molecule has 0 aliphatic heterocycles. The summed E-state index contributed by atoms with van der Waals surface area (Å²) in [6.07, 6.45) is 5.38. The minimum absolute atomic E-state index is 0.0515. The topological polar surface area (TPSA) is 89.2 Å². The molecule has 3 aromatic rings. The van der Waals surface area contributed by atoms with E-state index >= 15 is 0 Å². The first kappa shape index (κ1) is 18.6. The standard InChI is InChI=1S/C17H19N5O2S3/c1-10-8-25-16-18-12(7-13(23)22(10)16)9-26-17-21-20-15(27-17)19-14(24)11-5-3-2-4-6-11/h7-8,11H,2-6,9H2,1H3,(H,19,20,24). The Bertz CT molecular complexity index is 1020.